The van der Waals surface area contributed by atoms with Crippen LogP contribution >= 0.6 is 0 Å². The molecule has 1 unspecified atom stereocenters. The van der Waals surface area contributed by atoms with Gasteiger partial charge in [0.15, 0.2) is 0 Å². The molecule has 0 saturated heterocycles. The van der Waals surface area contributed by atoms with Crippen molar-refractivity contribution in [1.82, 2.24) is 0 Å². The van der Waals surface area contributed by atoms with Gasteiger partial charge in [0.05, 0.1) is 11.7 Å². The third-order valence-electron chi connectivity index (χ3n) is 5.29. The second kappa shape index (κ2) is 1.60. The Morgan fingerprint density at radius 1 is 1.42 bits per heavy atom. The van der Waals surface area contributed by atoms with Crippen LogP contribution in [0.2, 0.25) is 0 Å². The molecule has 3 aliphatic carbocycles. The largest absolute Gasteiger partial charge is 0.392 e. The zero-order valence-corrected chi connectivity index (χ0v) is 7.62. The first-order valence-corrected chi connectivity index (χ1v) is 4.92. The normalized spacial score (nSPS) is 73.0. The highest BCUT2D eigenvalue weighted by Crippen LogP contribution is 2.75. The van der Waals surface area contributed by atoms with E-state index in [9.17, 15) is 10.2 Å². The minimum absolute atomic E-state index is 0.180. The van der Waals surface area contributed by atoms with Crippen molar-refractivity contribution in [1.29, 1.82) is 0 Å². The van der Waals surface area contributed by atoms with Gasteiger partial charge in [-0.25, -0.2) is 0 Å². The summed E-state index contributed by atoms with van der Waals surface area (Å²) in [7, 11) is 0. The molecule has 0 amide bonds. The lowest BCUT2D eigenvalue weighted by Gasteiger charge is -2.64. The lowest BCUT2D eigenvalue weighted by atomic mass is 9.43. The van der Waals surface area contributed by atoms with Crippen molar-refractivity contribution in [2.45, 2.75) is 38.4 Å². The highest BCUT2D eigenvalue weighted by atomic mass is 16.3. The van der Waals surface area contributed by atoms with Gasteiger partial charge in [0, 0.05) is 5.41 Å². The second-order valence-corrected chi connectivity index (χ2v) is 5.25. The van der Waals surface area contributed by atoms with Crippen LogP contribution in [0.1, 0.15) is 26.7 Å². The van der Waals surface area contributed by atoms with E-state index in [-0.39, 0.29) is 11.5 Å². The van der Waals surface area contributed by atoms with E-state index in [4.69, 9.17) is 0 Å². The van der Waals surface area contributed by atoms with Crippen LogP contribution in [0.3, 0.4) is 0 Å². The molecule has 2 heteroatoms. The van der Waals surface area contributed by atoms with Crippen molar-refractivity contribution in [2.24, 2.45) is 23.2 Å². The molecule has 3 aliphatic rings. The van der Waals surface area contributed by atoms with Crippen LogP contribution in [0.15, 0.2) is 0 Å². The van der Waals surface area contributed by atoms with E-state index >= 15 is 0 Å². The summed E-state index contributed by atoms with van der Waals surface area (Å²) in [5, 5.41) is 20.3. The maximum atomic E-state index is 10.3. The average molecular weight is 168 g/mol. The molecule has 3 rings (SSSR count). The van der Waals surface area contributed by atoms with Crippen LogP contribution in [0.5, 0.6) is 0 Å². The van der Waals surface area contributed by atoms with Crippen LogP contribution in [0.25, 0.3) is 0 Å². The van der Waals surface area contributed by atoms with Gasteiger partial charge in [0.2, 0.25) is 0 Å². The summed E-state index contributed by atoms with van der Waals surface area (Å²) in [6, 6.07) is 0. The Hall–Kier alpha value is -0.0800. The number of aliphatic hydroxyl groups excluding tert-OH is 1. The van der Waals surface area contributed by atoms with Crippen molar-refractivity contribution in [2.75, 3.05) is 0 Å². The van der Waals surface area contributed by atoms with Crippen molar-refractivity contribution in [3.8, 4) is 0 Å². The average Bonchev–Trinajstić information content (AvgIpc) is 2.43. The molecular weight excluding hydrogens is 152 g/mol. The Labute approximate surface area is 72.6 Å². The summed E-state index contributed by atoms with van der Waals surface area (Å²) in [6.45, 7) is 4.22. The van der Waals surface area contributed by atoms with E-state index in [1.807, 2.05) is 0 Å². The number of hydrogen-bond acceptors (Lipinski definition) is 2. The second-order valence-electron chi connectivity index (χ2n) is 5.25. The van der Waals surface area contributed by atoms with E-state index in [1.165, 1.54) is 0 Å². The third kappa shape index (κ3) is 0.409. The van der Waals surface area contributed by atoms with Gasteiger partial charge in [-0.1, -0.05) is 13.8 Å². The summed E-state index contributed by atoms with van der Waals surface area (Å²) >= 11 is 0. The highest BCUT2D eigenvalue weighted by Gasteiger charge is 2.79. The van der Waals surface area contributed by atoms with Crippen LogP contribution in [-0.2, 0) is 0 Å². The fourth-order valence-corrected chi connectivity index (χ4v) is 4.36. The van der Waals surface area contributed by atoms with Gasteiger partial charge < -0.3 is 10.2 Å². The van der Waals surface area contributed by atoms with E-state index in [0.29, 0.717) is 17.8 Å². The highest BCUT2D eigenvalue weighted by molar-refractivity contribution is 5.28. The van der Waals surface area contributed by atoms with Crippen LogP contribution < -0.4 is 0 Å². The van der Waals surface area contributed by atoms with Crippen molar-refractivity contribution < 1.29 is 10.2 Å². The predicted molar refractivity (Wildman–Crippen MR) is 44.4 cm³/mol. The van der Waals surface area contributed by atoms with Crippen LogP contribution in [0.4, 0.5) is 0 Å². The standard InChI is InChI=1S/C10H16O2/c1-5-7-3-6-4-10(7,12)9(5,2)8(6)11/h5-8,11-12H,3-4H2,1-2H3/t5?,6-,7-,8+,9-,10+/m0/s1. The molecule has 2 nitrogen and oxygen atoms in total. The van der Waals surface area contributed by atoms with Gasteiger partial charge in [0.1, 0.15) is 0 Å². The topological polar surface area (TPSA) is 40.5 Å². The first-order chi connectivity index (χ1) is 5.52. The molecule has 12 heavy (non-hydrogen) atoms. The van der Waals surface area contributed by atoms with Crippen LogP contribution in [0, 0.1) is 23.2 Å². The molecule has 0 heterocycles. The maximum absolute atomic E-state index is 10.3. The minimum Gasteiger partial charge on any atom is -0.392 e. The molecule has 0 spiro atoms. The fraction of sp³-hybridized carbons (Fsp3) is 1.00. The number of hydrogen-bond donors (Lipinski definition) is 2. The van der Waals surface area contributed by atoms with Crippen molar-refractivity contribution in [3.05, 3.63) is 0 Å². The van der Waals surface area contributed by atoms with Gasteiger partial charge in [-0.15, -0.1) is 0 Å². The molecule has 0 aromatic rings. The minimum atomic E-state index is -0.503. The van der Waals surface area contributed by atoms with Crippen LogP contribution in [-0.4, -0.2) is 21.9 Å². The number of aliphatic hydroxyl groups is 2. The Morgan fingerprint density at radius 2 is 2.08 bits per heavy atom. The molecule has 0 aliphatic heterocycles. The Kier molecular flexibility index (Phi) is 0.978. The molecule has 6 atom stereocenters. The number of rotatable bonds is 0. The van der Waals surface area contributed by atoms with Crippen molar-refractivity contribution in [3.63, 3.8) is 0 Å². The molecule has 3 fully saturated rings. The molecular formula is C10H16O2. The summed E-state index contributed by atoms with van der Waals surface area (Å²) in [4.78, 5) is 0. The Bertz CT molecular complexity index is 252. The Morgan fingerprint density at radius 3 is 2.50 bits per heavy atom. The molecule has 0 aromatic carbocycles. The van der Waals surface area contributed by atoms with E-state index in [2.05, 4.69) is 13.8 Å². The predicted octanol–water partition coefficient (Wildman–Crippen LogP) is 0.774. The van der Waals surface area contributed by atoms with Gasteiger partial charge in [-0.2, -0.15) is 0 Å². The summed E-state index contributed by atoms with van der Waals surface area (Å²) in [6.07, 6.45) is 1.65. The number of fused-ring (bicyclic) bond motifs is 1. The summed E-state index contributed by atoms with van der Waals surface area (Å²) in [5.41, 5.74) is -0.683. The molecule has 2 N–H and O–H groups in total. The van der Waals surface area contributed by atoms with Gasteiger partial charge in [0.25, 0.3) is 0 Å². The zero-order valence-electron chi connectivity index (χ0n) is 7.62. The summed E-state index contributed by atoms with van der Waals surface area (Å²) in [5.74, 6) is 1.38. The van der Waals surface area contributed by atoms with Gasteiger partial charge in [-0.3, -0.25) is 0 Å². The van der Waals surface area contributed by atoms with E-state index in [1.54, 1.807) is 0 Å². The molecule has 0 aromatic heterocycles. The summed E-state index contributed by atoms with van der Waals surface area (Å²) < 4.78 is 0. The fourth-order valence-electron chi connectivity index (χ4n) is 4.36. The van der Waals surface area contributed by atoms with E-state index in [0.717, 1.165) is 12.8 Å². The first-order valence-electron chi connectivity index (χ1n) is 4.92. The van der Waals surface area contributed by atoms with Gasteiger partial charge >= 0.3 is 0 Å². The lowest BCUT2D eigenvalue weighted by molar-refractivity contribution is -0.270. The smallest absolute Gasteiger partial charge is 0.0763 e. The van der Waals surface area contributed by atoms with Gasteiger partial charge in [-0.05, 0) is 30.6 Å². The maximum Gasteiger partial charge on any atom is 0.0763 e. The SMILES string of the molecule is CC1[C@@H]2C[C@H]3C[C@]2(O)[C@]1(C)[C@@H]3O. The quantitative estimate of drug-likeness (QED) is 0.561. The van der Waals surface area contributed by atoms with Crippen molar-refractivity contribution >= 4 is 0 Å². The lowest BCUT2D eigenvalue weighted by Crippen LogP contribution is -2.70. The zero-order chi connectivity index (χ0) is 8.72. The molecule has 0 radical (unpaired) electrons. The van der Waals surface area contributed by atoms with E-state index < -0.39 is 5.60 Å². The third-order valence-corrected chi connectivity index (χ3v) is 5.29. The first kappa shape index (κ1) is 7.34. The molecule has 68 valence electrons. The molecule has 2 bridgehead atoms. The monoisotopic (exact) mass is 168 g/mol. The molecule has 3 saturated carbocycles. The Balaban J connectivity index is 2.12.